The lowest BCUT2D eigenvalue weighted by Crippen LogP contribution is -2.41. The van der Waals surface area contributed by atoms with Crippen molar-refractivity contribution in [1.29, 1.82) is 0 Å². The molecule has 1 aliphatic heterocycles. The number of nitrogens with zero attached hydrogens (tertiary/aromatic N) is 2. The molecule has 1 aromatic carbocycles. The minimum absolute atomic E-state index is 0.0197. The van der Waals surface area contributed by atoms with Crippen molar-refractivity contribution in [2.75, 3.05) is 26.7 Å². The van der Waals surface area contributed by atoms with Crippen LogP contribution in [0.15, 0.2) is 18.2 Å². The van der Waals surface area contributed by atoms with Gasteiger partial charge in [0.1, 0.15) is 0 Å². The molecule has 0 spiro atoms. The summed E-state index contributed by atoms with van der Waals surface area (Å²) < 4.78 is 20.4. The maximum Gasteiger partial charge on any atom is 0.407 e. The Morgan fingerprint density at radius 2 is 2.08 bits per heavy atom. The van der Waals surface area contributed by atoms with Crippen LogP contribution in [0, 0.1) is 11.7 Å². The molecule has 1 saturated heterocycles. The fourth-order valence-electron chi connectivity index (χ4n) is 3.52. The largest absolute Gasteiger partial charge is 0.487 e. The summed E-state index contributed by atoms with van der Waals surface area (Å²) in [7, 11) is 1.57. The van der Waals surface area contributed by atoms with Crippen molar-refractivity contribution < 1.29 is 19.0 Å². The molecule has 2 aliphatic rings. The molecule has 0 atom stereocenters. The summed E-state index contributed by atoms with van der Waals surface area (Å²) in [5.74, 6) is 0.365. The normalized spacial score (nSPS) is 23.8. The van der Waals surface area contributed by atoms with Crippen LogP contribution in [0.4, 0.5) is 9.18 Å². The van der Waals surface area contributed by atoms with E-state index in [4.69, 9.17) is 9.84 Å². The number of ether oxygens (including phenoxy) is 1. The molecule has 1 amide bonds. The quantitative estimate of drug-likeness (QED) is 0.867. The Morgan fingerprint density at radius 1 is 1.38 bits per heavy atom. The standard InChI is InChI=1S/C18H25FN2O3/c1-20(18(22)23)11-13-9-15(10-13)24-16-6-4-5-14(17(16)19)12-21-7-2-3-8-21/h4-6,13,15H,2-3,7-12H2,1H3,(H,22,23)/t13-,15-. The molecular formula is C18H25FN2O3. The first-order valence-electron chi connectivity index (χ1n) is 8.63. The Balaban J connectivity index is 1.52. The van der Waals surface area contributed by atoms with E-state index < -0.39 is 6.09 Å². The minimum atomic E-state index is -0.917. The smallest absolute Gasteiger partial charge is 0.407 e. The van der Waals surface area contributed by atoms with Crippen molar-refractivity contribution in [2.45, 2.75) is 38.3 Å². The van der Waals surface area contributed by atoms with E-state index >= 15 is 0 Å². The second kappa shape index (κ2) is 7.38. The lowest BCUT2D eigenvalue weighted by Gasteiger charge is -2.37. The predicted molar refractivity (Wildman–Crippen MR) is 88.7 cm³/mol. The Bertz CT molecular complexity index is 584. The predicted octanol–water partition coefficient (Wildman–Crippen LogP) is 3.19. The van der Waals surface area contributed by atoms with Gasteiger partial charge in [0.25, 0.3) is 0 Å². The lowest BCUT2D eigenvalue weighted by molar-refractivity contribution is 0.0446. The third-order valence-corrected chi connectivity index (χ3v) is 4.98. The molecule has 6 heteroatoms. The molecule has 1 aromatic rings. The molecular weight excluding hydrogens is 311 g/mol. The van der Waals surface area contributed by atoms with Crippen LogP contribution >= 0.6 is 0 Å². The first-order valence-corrected chi connectivity index (χ1v) is 8.63. The molecule has 1 aliphatic carbocycles. The van der Waals surface area contributed by atoms with Gasteiger partial charge in [0.2, 0.25) is 0 Å². The molecule has 5 nitrogen and oxygen atoms in total. The topological polar surface area (TPSA) is 53.0 Å². The van der Waals surface area contributed by atoms with Crippen LogP contribution in [0.5, 0.6) is 5.75 Å². The number of carbonyl (C=O) groups is 1. The third-order valence-electron chi connectivity index (χ3n) is 4.98. The maximum atomic E-state index is 14.6. The Hall–Kier alpha value is -1.82. The molecule has 0 aromatic heterocycles. The van der Waals surface area contributed by atoms with Crippen LogP contribution in [-0.4, -0.2) is 53.8 Å². The highest BCUT2D eigenvalue weighted by Gasteiger charge is 2.33. The Kier molecular flexibility index (Phi) is 5.23. The Labute approximate surface area is 142 Å². The van der Waals surface area contributed by atoms with E-state index in [2.05, 4.69) is 4.90 Å². The number of hydrogen-bond donors (Lipinski definition) is 1. The van der Waals surface area contributed by atoms with E-state index in [1.807, 2.05) is 12.1 Å². The molecule has 24 heavy (non-hydrogen) atoms. The number of benzene rings is 1. The van der Waals surface area contributed by atoms with Gasteiger partial charge in [-0.2, -0.15) is 0 Å². The molecule has 132 valence electrons. The highest BCUT2D eigenvalue weighted by molar-refractivity contribution is 5.64. The van der Waals surface area contributed by atoms with Gasteiger partial charge in [0, 0.05) is 25.7 Å². The van der Waals surface area contributed by atoms with Crippen molar-refractivity contribution in [2.24, 2.45) is 5.92 Å². The van der Waals surface area contributed by atoms with E-state index in [1.165, 1.54) is 17.7 Å². The van der Waals surface area contributed by atoms with E-state index in [-0.39, 0.29) is 11.9 Å². The van der Waals surface area contributed by atoms with Gasteiger partial charge in [-0.05, 0) is 50.8 Å². The van der Waals surface area contributed by atoms with E-state index in [9.17, 15) is 9.18 Å². The zero-order chi connectivity index (χ0) is 17.1. The molecule has 0 radical (unpaired) electrons. The number of likely N-dealkylation sites (tertiary alicyclic amines) is 1. The first kappa shape index (κ1) is 17.0. The van der Waals surface area contributed by atoms with Gasteiger partial charge in [-0.3, -0.25) is 4.90 Å². The van der Waals surface area contributed by atoms with Gasteiger partial charge < -0.3 is 14.7 Å². The number of rotatable bonds is 6. The van der Waals surface area contributed by atoms with Crippen molar-refractivity contribution in [3.05, 3.63) is 29.6 Å². The monoisotopic (exact) mass is 336 g/mol. The van der Waals surface area contributed by atoms with Crippen LogP contribution in [-0.2, 0) is 6.54 Å². The molecule has 2 fully saturated rings. The van der Waals surface area contributed by atoms with Crippen molar-refractivity contribution in [3.8, 4) is 5.75 Å². The molecule has 3 rings (SSSR count). The van der Waals surface area contributed by atoms with E-state index in [0.29, 0.717) is 30.3 Å². The summed E-state index contributed by atoms with van der Waals surface area (Å²) in [5.41, 5.74) is 0.691. The fraction of sp³-hybridized carbons (Fsp3) is 0.611. The van der Waals surface area contributed by atoms with E-state index in [1.54, 1.807) is 13.1 Å². The number of carboxylic acid groups (broad SMARTS) is 1. The summed E-state index contributed by atoms with van der Waals surface area (Å²) in [5, 5.41) is 8.88. The summed E-state index contributed by atoms with van der Waals surface area (Å²) in [6.07, 6.45) is 2.98. The average Bonchev–Trinajstić information content (AvgIpc) is 3.01. The number of hydrogen-bond acceptors (Lipinski definition) is 3. The van der Waals surface area contributed by atoms with Crippen LogP contribution in [0.3, 0.4) is 0 Å². The Morgan fingerprint density at radius 3 is 2.75 bits per heavy atom. The second-order valence-electron chi connectivity index (χ2n) is 6.95. The van der Waals surface area contributed by atoms with Crippen LogP contribution in [0.25, 0.3) is 0 Å². The average molecular weight is 336 g/mol. The van der Waals surface area contributed by atoms with Crippen LogP contribution < -0.4 is 4.74 Å². The second-order valence-corrected chi connectivity index (χ2v) is 6.95. The lowest BCUT2D eigenvalue weighted by atomic mass is 9.82. The number of amides is 1. The SMILES string of the molecule is CN(C[C@H]1C[C@H](Oc2cccc(CN3CCCC3)c2F)C1)C(=O)O. The molecule has 1 N–H and O–H groups in total. The fourth-order valence-corrected chi connectivity index (χ4v) is 3.52. The van der Waals surface area contributed by atoms with Gasteiger partial charge in [0.15, 0.2) is 11.6 Å². The summed E-state index contributed by atoms with van der Waals surface area (Å²) in [6, 6.07) is 5.35. The van der Waals surface area contributed by atoms with Gasteiger partial charge in [-0.1, -0.05) is 12.1 Å². The first-order chi connectivity index (χ1) is 11.5. The molecule has 1 saturated carbocycles. The van der Waals surface area contributed by atoms with Crippen molar-refractivity contribution >= 4 is 6.09 Å². The van der Waals surface area contributed by atoms with Crippen LogP contribution in [0.2, 0.25) is 0 Å². The molecule has 1 heterocycles. The van der Waals surface area contributed by atoms with Crippen molar-refractivity contribution in [3.63, 3.8) is 0 Å². The van der Waals surface area contributed by atoms with E-state index in [0.717, 1.165) is 25.9 Å². The zero-order valence-electron chi connectivity index (χ0n) is 14.1. The zero-order valence-corrected chi connectivity index (χ0v) is 14.1. The third kappa shape index (κ3) is 3.98. The van der Waals surface area contributed by atoms with Gasteiger partial charge >= 0.3 is 6.09 Å². The number of halogens is 1. The molecule has 0 bridgehead atoms. The van der Waals surface area contributed by atoms with Gasteiger partial charge in [0.05, 0.1) is 6.10 Å². The molecule has 0 unspecified atom stereocenters. The summed E-state index contributed by atoms with van der Waals surface area (Å²) in [4.78, 5) is 14.4. The maximum absolute atomic E-state index is 14.6. The summed E-state index contributed by atoms with van der Waals surface area (Å²) in [6.45, 7) is 3.21. The summed E-state index contributed by atoms with van der Waals surface area (Å²) >= 11 is 0. The van der Waals surface area contributed by atoms with Crippen molar-refractivity contribution in [1.82, 2.24) is 9.80 Å². The van der Waals surface area contributed by atoms with Crippen LogP contribution in [0.1, 0.15) is 31.2 Å². The highest BCUT2D eigenvalue weighted by atomic mass is 19.1. The van der Waals surface area contributed by atoms with Gasteiger partial charge in [-0.15, -0.1) is 0 Å². The van der Waals surface area contributed by atoms with Gasteiger partial charge in [-0.25, -0.2) is 9.18 Å². The highest BCUT2D eigenvalue weighted by Crippen LogP contribution is 2.33. The minimum Gasteiger partial charge on any atom is -0.487 e.